The molecule has 1 aliphatic rings. The number of hydrogen-bond donors (Lipinski definition) is 1. The highest BCUT2D eigenvalue weighted by molar-refractivity contribution is 6.02. The van der Waals surface area contributed by atoms with E-state index in [0.29, 0.717) is 6.54 Å². The van der Waals surface area contributed by atoms with Gasteiger partial charge in [-0.25, -0.2) is 4.79 Å². The third-order valence-corrected chi connectivity index (χ3v) is 4.72. The van der Waals surface area contributed by atoms with Crippen molar-refractivity contribution < 1.29 is 28.7 Å². The maximum Gasteiger partial charge on any atom is 0.339 e. The lowest BCUT2D eigenvalue weighted by Gasteiger charge is -2.16. The molecule has 156 valence electrons. The van der Waals surface area contributed by atoms with Crippen molar-refractivity contribution in [3.63, 3.8) is 0 Å². The van der Waals surface area contributed by atoms with E-state index in [1.165, 1.54) is 13.2 Å². The first-order valence-electron chi connectivity index (χ1n) is 9.43. The van der Waals surface area contributed by atoms with Crippen molar-refractivity contribution in [1.82, 2.24) is 4.90 Å². The van der Waals surface area contributed by atoms with Crippen LogP contribution >= 0.6 is 0 Å². The number of hydrogen-bond acceptors (Lipinski definition) is 6. The van der Waals surface area contributed by atoms with Crippen molar-refractivity contribution in [3.05, 3.63) is 65.7 Å². The molecule has 0 saturated carbocycles. The van der Waals surface area contributed by atoms with Crippen LogP contribution in [0.25, 0.3) is 0 Å². The van der Waals surface area contributed by atoms with Gasteiger partial charge in [0.15, 0.2) is 6.61 Å². The second-order valence-corrected chi connectivity index (χ2v) is 6.85. The molecule has 0 aliphatic carbocycles. The van der Waals surface area contributed by atoms with Crippen LogP contribution in [0, 0.1) is 5.92 Å². The van der Waals surface area contributed by atoms with Crippen LogP contribution in [0.2, 0.25) is 0 Å². The molecule has 2 aromatic carbocycles. The molecule has 1 N–H and O–H groups in total. The van der Waals surface area contributed by atoms with E-state index in [2.05, 4.69) is 10.1 Å². The SMILES string of the molecule is COC(=O)c1ccccc1NC(=O)COC(=O)[C@H]1CC(=O)N(Cc2ccccc2)C1. The zero-order valence-corrected chi connectivity index (χ0v) is 16.5. The highest BCUT2D eigenvalue weighted by Gasteiger charge is 2.35. The smallest absolute Gasteiger partial charge is 0.339 e. The molecule has 2 aromatic rings. The van der Waals surface area contributed by atoms with Crippen molar-refractivity contribution in [2.75, 3.05) is 25.6 Å². The number of nitrogens with one attached hydrogen (secondary N) is 1. The molecule has 30 heavy (non-hydrogen) atoms. The molecular weight excluding hydrogens is 388 g/mol. The second kappa shape index (κ2) is 9.69. The third-order valence-electron chi connectivity index (χ3n) is 4.72. The fourth-order valence-corrected chi connectivity index (χ4v) is 3.21. The van der Waals surface area contributed by atoms with Gasteiger partial charge < -0.3 is 19.7 Å². The molecule has 1 aliphatic heterocycles. The Hall–Kier alpha value is -3.68. The molecule has 0 radical (unpaired) electrons. The maximum absolute atomic E-state index is 12.3. The fraction of sp³-hybridized carbons (Fsp3) is 0.273. The van der Waals surface area contributed by atoms with Gasteiger partial charge in [0.1, 0.15) is 0 Å². The number of benzene rings is 2. The Kier molecular flexibility index (Phi) is 6.79. The molecule has 8 heteroatoms. The summed E-state index contributed by atoms with van der Waals surface area (Å²) in [7, 11) is 1.24. The monoisotopic (exact) mass is 410 g/mol. The average molecular weight is 410 g/mol. The van der Waals surface area contributed by atoms with Gasteiger partial charge in [0.2, 0.25) is 5.91 Å². The molecule has 3 rings (SSSR count). The first-order chi connectivity index (χ1) is 14.5. The summed E-state index contributed by atoms with van der Waals surface area (Å²) < 4.78 is 9.76. The summed E-state index contributed by atoms with van der Waals surface area (Å²) in [6.07, 6.45) is 0.0540. The van der Waals surface area contributed by atoms with E-state index in [4.69, 9.17) is 4.74 Å². The van der Waals surface area contributed by atoms with Crippen LogP contribution in [-0.4, -0.2) is 48.9 Å². The van der Waals surface area contributed by atoms with Gasteiger partial charge in [-0.1, -0.05) is 42.5 Å². The Bertz CT molecular complexity index is 944. The zero-order chi connectivity index (χ0) is 21.5. The van der Waals surface area contributed by atoms with Gasteiger partial charge in [0, 0.05) is 19.5 Å². The summed E-state index contributed by atoms with van der Waals surface area (Å²) in [5.74, 6) is -2.53. The molecule has 2 amide bonds. The van der Waals surface area contributed by atoms with Gasteiger partial charge in [-0.15, -0.1) is 0 Å². The highest BCUT2D eigenvalue weighted by atomic mass is 16.5. The Morgan fingerprint density at radius 2 is 1.77 bits per heavy atom. The van der Waals surface area contributed by atoms with E-state index in [1.807, 2.05) is 30.3 Å². The van der Waals surface area contributed by atoms with Crippen LogP contribution in [0.15, 0.2) is 54.6 Å². The van der Waals surface area contributed by atoms with Crippen molar-refractivity contribution in [2.24, 2.45) is 5.92 Å². The second-order valence-electron chi connectivity index (χ2n) is 6.85. The van der Waals surface area contributed by atoms with E-state index in [0.717, 1.165) is 5.56 Å². The number of amides is 2. The van der Waals surface area contributed by atoms with E-state index in [9.17, 15) is 19.2 Å². The number of anilines is 1. The number of esters is 2. The van der Waals surface area contributed by atoms with Gasteiger partial charge in [0.25, 0.3) is 5.91 Å². The molecule has 1 heterocycles. The number of likely N-dealkylation sites (tertiary alicyclic amines) is 1. The Morgan fingerprint density at radius 1 is 1.07 bits per heavy atom. The first-order valence-corrected chi connectivity index (χ1v) is 9.43. The van der Waals surface area contributed by atoms with Gasteiger partial charge in [-0.05, 0) is 17.7 Å². The minimum Gasteiger partial charge on any atom is -0.465 e. The lowest BCUT2D eigenvalue weighted by molar-refractivity contribution is -0.151. The summed E-state index contributed by atoms with van der Waals surface area (Å²) in [5, 5.41) is 2.53. The van der Waals surface area contributed by atoms with Gasteiger partial charge in [0.05, 0.1) is 24.3 Å². The average Bonchev–Trinajstić information content (AvgIpc) is 3.13. The normalized spacial score (nSPS) is 15.6. The summed E-state index contributed by atoms with van der Waals surface area (Å²) in [5.41, 5.74) is 1.43. The molecule has 0 bridgehead atoms. The Balaban J connectivity index is 1.50. The Morgan fingerprint density at radius 3 is 2.50 bits per heavy atom. The summed E-state index contributed by atoms with van der Waals surface area (Å²) in [6, 6.07) is 15.8. The lowest BCUT2D eigenvalue weighted by atomic mass is 10.1. The van der Waals surface area contributed by atoms with E-state index >= 15 is 0 Å². The van der Waals surface area contributed by atoms with Crippen LogP contribution in [0.5, 0.6) is 0 Å². The topological polar surface area (TPSA) is 102 Å². The predicted octanol–water partition coefficient (Wildman–Crippen LogP) is 2.00. The molecule has 1 atom stereocenters. The number of ether oxygens (including phenoxy) is 2. The number of methoxy groups -OCH3 is 1. The molecule has 1 saturated heterocycles. The molecule has 0 unspecified atom stereocenters. The fourth-order valence-electron chi connectivity index (χ4n) is 3.21. The predicted molar refractivity (Wildman–Crippen MR) is 107 cm³/mol. The summed E-state index contributed by atoms with van der Waals surface area (Å²) in [6.45, 7) is 0.158. The molecule has 8 nitrogen and oxygen atoms in total. The van der Waals surface area contributed by atoms with Gasteiger partial charge >= 0.3 is 11.9 Å². The van der Waals surface area contributed by atoms with Crippen LogP contribution in [0.3, 0.4) is 0 Å². The number of rotatable bonds is 7. The quantitative estimate of drug-likeness (QED) is 0.701. The Labute approximate surface area is 173 Å². The zero-order valence-electron chi connectivity index (χ0n) is 16.5. The minimum atomic E-state index is -0.614. The molecular formula is C22H22N2O6. The first kappa shape index (κ1) is 21.0. The van der Waals surface area contributed by atoms with Crippen molar-refractivity contribution in [2.45, 2.75) is 13.0 Å². The molecule has 0 aromatic heterocycles. The molecule has 1 fully saturated rings. The number of carbonyl (C=O) groups excluding carboxylic acids is 4. The van der Waals surface area contributed by atoms with Crippen molar-refractivity contribution >= 4 is 29.4 Å². The number of para-hydroxylation sites is 1. The van der Waals surface area contributed by atoms with Crippen molar-refractivity contribution in [1.29, 1.82) is 0 Å². The summed E-state index contributed by atoms with van der Waals surface area (Å²) in [4.78, 5) is 50.0. The minimum absolute atomic E-state index is 0.0540. The van der Waals surface area contributed by atoms with E-state index in [-0.39, 0.29) is 30.1 Å². The summed E-state index contributed by atoms with van der Waals surface area (Å²) >= 11 is 0. The number of nitrogens with zero attached hydrogens (tertiary/aromatic N) is 1. The largest absolute Gasteiger partial charge is 0.465 e. The van der Waals surface area contributed by atoms with Gasteiger partial charge in [-0.2, -0.15) is 0 Å². The van der Waals surface area contributed by atoms with Crippen LogP contribution < -0.4 is 5.32 Å². The van der Waals surface area contributed by atoms with Crippen LogP contribution in [0.4, 0.5) is 5.69 Å². The van der Waals surface area contributed by atoms with Crippen LogP contribution in [0.1, 0.15) is 22.3 Å². The van der Waals surface area contributed by atoms with Crippen molar-refractivity contribution in [3.8, 4) is 0 Å². The van der Waals surface area contributed by atoms with Crippen LogP contribution in [-0.2, 0) is 30.4 Å². The molecule has 0 spiro atoms. The lowest BCUT2D eigenvalue weighted by Crippen LogP contribution is -2.28. The maximum atomic E-state index is 12.3. The van der Waals surface area contributed by atoms with E-state index < -0.39 is 30.4 Å². The highest BCUT2D eigenvalue weighted by Crippen LogP contribution is 2.21. The number of carbonyl (C=O) groups is 4. The standard InChI is InChI=1S/C22H22N2O6/c1-29-22(28)17-9-5-6-10-18(17)23-19(25)14-30-21(27)16-11-20(26)24(13-16)12-15-7-3-2-4-8-15/h2-10,16H,11-14H2,1H3,(H,23,25)/t16-/m0/s1. The van der Waals surface area contributed by atoms with E-state index in [1.54, 1.807) is 23.1 Å². The van der Waals surface area contributed by atoms with Gasteiger partial charge in [-0.3, -0.25) is 14.4 Å². The third kappa shape index (κ3) is 5.22.